The van der Waals surface area contributed by atoms with Gasteiger partial charge in [-0.15, -0.1) is 0 Å². The molecule has 4 rings (SSSR count). The van der Waals surface area contributed by atoms with E-state index in [1.54, 1.807) is 12.4 Å². The van der Waals surface area contributed by atoms with Gasteiger partial charge in [0.25, 0.3) is 0 Å². The summed E-state index contributed by atoms with van der Waals surface area (Å²) in [5, 5.41) is 0. The Labute approximate surface area is 177 Å². The number of nitrogens with one attached hydrogen (secondary N) is 2. The largest absolute Gasteiger partial charge is 0.342 e. The molecular weight excluding hydrogens is 372 g/mol. The van der Waals surface area contributed by atoms with E-state index < -0.39 is 0 Å². The molecule has 0 amide bonds. The van der Waals surface area contributed by atoms with E-state index in [-0.39, 0.29) is 0 Å². The lowest BCUT2D eigenvalue weighted by Crippen LogP contribution is -1.91. The number of aromatic nitrogens is 6. The minimum Gasteiger partial charge on any atom is -0.342 e. The normalized spacial score (nSPS) is 11.1. The maximum absolute atomic E-state index is 4.50. The molecule has 6 heteroatoms. The van der Waals surface area contributed by atoms with E-state index >= 15 is 0 Å². The molecule has 0 atom stereocenters. The Morgan fingerprint density at radius 1 is 0.567 bits per heavy atom. The minimum absolute atomic E-state index is 1.00. The molecular formula is C24H28N6. The Kier molecular flexibility index (Phi) is 6.99. The highest BCUT2D eigenvalue weighted by molar-refractivity contribution is 5.57. The number of aryl methyl sites for hydroxylation is 2. The van der Waals surface area contributed by atoms with Crippen LogP contribution in [0.3, 0.4) is 0 Å². The molecule has 4 aromatic rings. The average molecular weight is 401 g/mol. The van der Waals surface area contributed by atoms with Crippen LogP contribution in [-0.2, 0) is 12.8 Å². The smallest absolute Gasteiger partial charge is 0.106 e. The number of H-pyrrole nitrogens is 2. The molecule has 0 aliphatic rings. The zero-order valence-electron chi connectivity index (χ0n) is 17.2. The lowest BCUT2D eigenvalue weighted by Gasteiger charge is -2.01. The highest BCUT2D eigenvalue weighted by Crippen LogP contribution is 2.18. The van der Waals surface area contributed by atoms with Gasteiger partial charge in [0.05, 0.1) is 23.8 Å². The zero-order chi connectivity index (χ0) is 20.4. The average Bonchev–Trinajstić information content (AvgIpc) is 3.47. The van der Waals surface area contributed by atoms with Crippen molar-refractivity contribution in [1.29, 1.82) is 0 Å². The highest BCUT2D eigenvalue weighted by Gasteiger charge is 2.04. The standard InChI is InChI=1S/C24H28N6/c1(3-5-11-23-27-17-21(29-23)19-9-7-13-25-15-19)2-4-6-12-24-28-18-22(30-24)20-10-8-14-26-16-20/h7-10,13-18H,1-6,11-12H2,(H,27,29)(H,28,30). The van der Waals surface area contributed by atoms with Crippen LogP contribution in [0.15, 0.2) is 61.4 Å². The van der Waals surface area contributed by atoms with Gasteiger partial charge >= 0.3 is 0 Å². The van der Waals surface area contributed by atoms with Gasteiger partial charge in [0.2, 0.25) is 0 Å². The van der Waals surface area contributed by atoms with Crippen LogP contribution in [0.1, 0.15) is 50.2 Å². The van der Waals surface area contributed by atoms with Crippen molar-refractivity contribution in [3.05, 3.63) is 73.1 Å². The Balaban J connectivity index is 1.08. The van der Waals surface area contributed by atoms with Crippen LogP contribution < -0.4 is 0 Å². The monoisotopic (exact) mass is 400 g/mol. The summed E-state index contributed by atoms with van der Waals surface area (Å²) in [4.78, 5) is 24.1. The Morgan fingerprint density at radius 2 is 1.03 bits per heavy atom. The number of aromatic amines is 2. The van der Waals surface area contributed by atoms with Crippen molar-refractivity contribution < 1.29 is 0 Å². The third-order valence-corrected chi connectivity index (χ3v) is 5.28. The number of nitrogens with zero attached hydrogens (tertiary/aromatic N) is 4. The molecule has 0 aliphatic heterocycles. The van der Waals surface area contributed by atoms with Gasteiger partial charge in [0, 0.05) is 48.8 Å². The molecule has 0 saturated carbocycles. The van der Waals surface area contributed by atoms with Gasteiger partial charge in [-0.05, 0) is 37.1 Å². The quantitative estimate of drug-likeness (QED) is 0.331. The summed E-state index contributed by atoms with van der Waals surface area (Å²) in [6.07, 6.45) is 20.5. The SMILES string of the molecule is c1cncc(-c2cnc(CCCCCCCCc3ncc(-c4cccnc4)[nH]3)[nH]2)c1. The predicted molar refractivity (Wildman–Crippen MR) is 119 cm³/mol. The highest BCUT2D eigenvalue weighted by atomic mass is 14.9. The van der Waals surface area contributed by atoms with Gasteiger partial charge in [0.1, 0.15) is 11.6 Å². The number of hydrogen-bond donors (Lipinski definition) is 2. The fraction of sp³-hybridized carbons (Fsp3) is 0.333. The van der Waals surface area contributed by atoms with E-state index in [1.165, 1.54) is 38.5 Å². The van der Waals surface area contributed by atoms with Gasteiger partial charge in [-0.25, -0.2) is 9.97 Å². The van der Waals surface area contributed by atoms with Gasteiger partial charge < -0.3 is 9.97 Å². The summed E-state index contributed by atoms with van der Waals surface area (Å²) in [5.41, 5.74) is 4.26. The van der Waals surface area contributed by atoms with Crippen molar-refractivity contribution in [2.24, 2.45) is 0 Å². The summed E-state index contributed by atoms with van der Waals surface area (Å²) in [7, 11) is 0. The van der Waals surface area contributed by atoms with Crippen LogP contribution in [-0.4, -0.2) is 29.9 Å². The number of rotatable bonds is 11. The molecule has 4 aromatic heterocycles. The van der Waals surface area contributed by atoms with Crippen LogP contribution in [0.2, 0.25) is 0 Å². The second-order valence-electron chi connectivity index (χ2n) is 7.59. The first-order valence-corrected chi connectivity index (χ1v) is 10.8. The molecule has 0 saturated heterocycles. The van der Waals surface area contributed by atoms with Crippen molar-refractivity contribution in [3.63, 3.8) is 0 Å². The first kappa shape index (κ1) is 20.0. The zero-order valence-corrected chi connectivity index (χ0v) is 17.2. The van der Waals surface area contributed by atoms with Crippen LogP contribution >= 0.6 is 0 Å². The van der Waals surface area contributed by atoms with Crippen LogP contribution in [0, 0.1) is 0 Å². The molecule has 0 radical (unpaired) electrons. The number of pyridine rings is 2. The lowest BCUT2D eigenvalue weighted by molar-refractivity contribution is 0.586. The molecule has 0 fully saturated rings. The van der Waals surface area contributed by atoms with Gasteiger partial charge in [-0.1, -0.05) is 25.7 Å². The maximum atomic E-state index is 4.50. The van der Waals surface area contributed by atoms with Crippen LogP contribution in [0.4, 0.5) is 0 Å². The van der Waals surface area contributed by atoms with E-state index in [1.807, 2.05) is 49.1 Å². The molecule has 0 bridgehead atoms. The summed E-state index contributed by atoms with van der Waals surface area (Å²) in [6, 6.07) is 7.99. The number of unbranched alkanes of at least 4 members (excludes halogenated alkanes) is 5. The van der Waals surface area contributed by atoms with Gasteiger partial charge in [-0.2, -0.15) is 0 Å². The fourth-order valence-corrected chi connectivity index (χ4v) is 3.61. The van der Waals surface area contributed by atoms with Crippen LogP contribution in [0.25, 0.3) is 22.5 Å². The van der Waals surface area contributed by atoms with Crippen molar-refractivity contribution in [2.75, 3.05) is 0 Å². The molecule has 30 heavy (non-hydrogen) atoms. The lowest BCUT2D eigenvalue weighted by atomic mass is 10.1. The second kappa shape index (κ2) is 10.5. The third-order valence-electron chi connectivity index (χ3n) is 5.28. The van der Waals surface area contributed by atoms with Crippen molar-refractivity contribution in [1.82, 2.24) is 29.9 Å². The molecule has 0 spiro atoms. The van der Waals surface area contributed by atoms with Gasteiger partial charge in [0.15, 0.2) is 0 Å². The fourth-order valence-electron chi connectivity index (χ4n) is 3.61. The molecule has 4 heterocycles. The Morgan fingerprint density at radius 3 is 1.47 bits per heavy atom. The van der Waals surface area contributed by atoms with E-state index in [2.05, 4.69) is 29.9 Å². The summed E-state index contributed by atoms with van der Waals surface area (Å²) < 4.78 is 0. The topological polar surface area (TPSA) is 83.1 Å². The van der Waals surface area contributed by atoms with E-state index in [9.17, 15) is 0 Å². The second-order valence-corrected chi connectivity index (χ2v) is 7.59. The number of imidazole rings is 2. The van der Waals surface area contributed by atoms with E-state index in [4.69, 9.17) is 0 Å². The first-order chi connectivity index (χ1) is 14.9. The summed E-state index contributed by atoms with van der Waals surface area (Å²) in [5.74, 6) is 2.13. The molecule has 2 N–H and O–H groups in total. The minimum atomic E-state index is 1.00. The Hall–Kier alpha value is -3.28. The molecule has 6 nitrogen and oxygen atoms in total. The molecule has 154 valence electrons. The van der Waals surface area contributed by atoms with Crippen molar-refractivity contribution in [2.45, 2.75) is 51.4 Å². The van der Waals surface area contributed by atoms with E-state index in [0.717, 1.165) is 47.0 Å². The molecule has 0 unspecified atom stereocenters. The van der Waals surface area contributed by atoms with Crippen molar-refractivity contribution in [3.8, 4) is 22.5 Å². The maximum Gasteiger partial charge on any atom is 0.106 e. The molecule has 0 aromatic carbocycles. The molecule has 0 aliphatic carbocycles. The van der Waals surface area contributed by atoms with E-state index in [0.29, 0.717) is 0 Å². The first-order valence-electron chi connectivity index (χ1n) is 10.8. The summed E-state index contributed by atoms with van der Waals surface area (Å²) >= 11 is 0. The third kappa shape index (κ3) is 5.63. The van der Waals surface area contributed by atoms with Crippen molar-refractivity contribution >= 4 is 0 Å². The Bertz CT molecular complexity index is 923. The predicted octanol–water partition coefficient (Wildman–Crippen LogP) is 5.38. The van der Waals surface area contributed by atoms with Crippen LogP contribution in [0.5, 0.6) is 0 Å². The summed E-state index contributed by atoms with van der Waals surface area (Å²) in [6.45, 7) is 0. The van der Waals surface area contributed by atoms with Gasteiger partial charge in [-0.3, -0.25) is 9.97 Å². The number of hydrogen-bond acceptors (Lipinski definition) is 4.